The molecule has 4 aromatic carbocycles. The largest absolute Gasteiger partial charge is 0.497 e. The molecule has 0 saturated carbocycles. The van der Waals surface area contributed by atoms with Crippen molar-refractivity contribution in [3.05, 3.63) is 118 Å². The molecular weight excluding hydrogens is 564 g/mol. The van der Waals surface area contributed by atoms with Crippen molar-refractivity contribution in [3.8, 4) is 23.0 Å². The van der Waals surface area contributed by atoms with Crippen LogP contribution in [0.2, 0.25) is 0 Å². The quantitative estimate of drug-likeness (QED) is 0.172. The van der Waals surface area contributed by atoms with Gasteiger partial charge in [-0.05, 0) is 60.7 Å². The van der Waals surface area contributed by atoms with Gasteiger partial charge in [-0.15, -0.1) is 0 Å². The lowest BCUT2D eigenvalue weighted by Crippen LogP contribution is -2.34. The average molecular weight is 597 g/mol. The first-order chi connectivity index (χ1) is 21.3. The minimum absolute atomic E-state index is 0.179. The number of amides is 2. The van der Waals surface area contributed by atoms with Crippen LogP contribution in [0.5, 0.6) is 23.0 Å². The molecule has 0 aromatic heterocycles. The third-order valence-electron chi connectivity index (χ3n) is 6.82. The first kappa shape index (κ1) is 31.3. The SMILES string of the molecule is COc1ccc(OC)c(C(=O)c2ccc(C(=O)NCCNC(=O)c3ccc(C(=O)c4cc(OC)ccc4OC)cc3)cc2)c1. The van der Waals surface area contributed by atoms with E-state index in [1.807, 2.05) is 0 Å². The van der Waals surface area contributed by atoms with Crippen molar-refractivity contribution in [2.24, 2.45) is 0 Å². The highest BCUT2D eigenvalue weighted by molar-refractivity contribution is 6.12. The lowest BCUT2D eigenvalue weighted by molar-refractivity contribution is 0.0927. The number of carbonyl (C=O) groups is 4. The van der Waals surface area contributed by atoms with Gasteiger partial charge in [-0.1, -0.05) is 24.3 Å². The van der Waals surface area contributed by atoms with Crippen LogP contribution in [0.1, 0.15) is 52.6 Å². The second-order valence-corrected chi connectivity index (χ2v) is 9.46. The summed E-state index contributed by atoms with van der Waals surface area (Å²) >= 11 is 0. The number of hydrogen-bond acceptors (Lipinski definition) is 8. The summed E-state index contributed by atoms with van der Waals surface area (Å²) in [7, 11) is 5.99. The van der Waals surface area contributed by atoms with Gasteiger partial charge in [0.2, 0.25) is 0 Å². The van der Waals surface area contributed by atoms with Gasteiger partial charge in [0.05, 0.1) is 39.6 Å². The summed E-state index contributed by atoms with van der Waals surface area (Å²) < 4.78 is 21.0. The molecule has 0 aliphatic heterocycles. The highest BCUT2D eigenvalue weighted by atomic mass is 16.5. The zero-order chi connectivity index (χ0) is 31.6. The molecule has 0 unspecified atom stereocenters. The van der Waals surface area contributed by atoms with Crippen molar-refractivity contribution >= 4 is 23.4 Å². The van der Waals surface area contributed by atoms with Crippen LogP contribution in [-0.4, -0.2) is 64.9 Å². The van der Waals surface area contributed by atoms with Crippen LogP contribution in [0.4, 0.5) is 0 Å². The number of rotatable bonds is 13. The monoisotopic (exact) mass is 596 g/mol. The number of ether oxygens (including phenoxy) is 4. The normalized spacial score (nSPS) is 10.4. The topological polar surface area (TPSA) is 129 Å². The predicted octanol–water partition coefficient (Wildman–Crippen LogP) is 4.34. The Morgan fingerprint density at radius 3 is 1.14 bits per heavy atom. The molecule has 0 aliphatic rings. The van der Waals surface area contributed by atoms with Gasteiger partial charge in [0.25, 0.3) is 11.8 Å². The Hall–Kier alpha value is -5.64. The maximum atomic E-state index is 13.0. The third kappa shape index (κ3) is 7.22. The Bertz CT molecular complexity index is 1540. The Kier molecular flexibility index (Phi) is 10.3. The molecule has 0 bridgehead atoms. The Morgan fingerprint density at radius 1 is 0.477 bits per heavy atom. The van der Waals surface area contributed by atoms with Gasteiger partial charge >= 0.3 is 0 Å². The van der Waals surface area contributed by atoms with Crippen molar-refractivity contribution in [2.45, 2.75) is 0 Å². The van der Waals surface area contributed by atoms with Gasteiger partial charge in [-0.2, -0.15) is 0 Å². The zero-order valence-corrected chi connectivity index (χ0v) is 24.8. The smallest absolute Gasteiger partial charge is 0.251 e. The molecule has 0 aliphatic carbocycles. The summed E-state index contributed by atoms with van der Waals surface area (Å²) in [6.45, 7) is 0.358. The van der Waals surface area contributed by atoms with E-state index >= 15 is 0 Å². The van der Waals surface area contributed by atoms with Crippen LogP contribution in [0, 0.1) is 0 Å². The van der Waals surface area contributed by atoms with E-state index in [2.05, 4.69) is 10.6 Å². The van der Waals surface area contributed by atoms with Gasteiger partial charge in [0.1, 0.15) is 23.0 Å². The molecule has 0 saturated heterocycles. The molecule has 10 nitrogen and oxygen atoms in total. The van der Waals surface area contributed by atoms with E-state index in [1.165, 1.54) is 28.4 Å². The van der Waals surface area contributed by atoms with E-state index in [9.17, 15) is 19.2 Å². The van der Waals surface area contributed by atoms with E-state index < -0.39 is 0 Å². The second-order valence-electron chi connectivity index (χ2n) is 9.46. The number of nitrogens with one attached hydrogen (secondary N) is 2. The fourth-order valence-corrected chi connectivity index (χ4v) is 4.40. The first-order valence-corrected chi connectivity index (χ1v) is 13.6. The number of ketones is 2. The highest BCUT2D eigenvalue weighted by Gasteiger charge is 2.18. The van der Waals surface area contributed by atoms with Crippen molar-refractivity contribution in [1.82, 2.24) is 10.6 Å². The molecule has 0 fully saturated rings. The number of methoxy groups -OCH3 is 4. The molecule has 0 heterocycles. The van der Waals surface area contributed by atoms with Gasteiger partial charge in [0.15, 0.2) is 11.6 Å². The lowest BCUT2D eigenvalue weighted by atomic mass is 10.0. The third-order valence-corrected chi connectivity index (χ3v) is 6.82. The van der Waals surface area contributed by atoms with Crippen LogP contribution >= 0.6 is 0 Å². The predicted molar refractivity (Wildman–Crippen MR) is 164 cm³/mol. The van der Waals surface area contributed by atoms with E-state index in [-0.39, 0.29) is 36.5 Å². The summed E-state index contributed by atoms with van der Waals surface area (Å²) in [5.74, 6) is 0.627. The van der Waals surface area contributed by atoms with Gasteiger partial charge in [-0.25, -0.2) is 0 Å². The van der Waals surface area contributed by atoms with Gasteiger partial charge in [-0.3, -0.25) is 19.2 Å². The molecule has 44 heavy (non-hydrogen) atoms. The zero-order valence-electron chi connectivity index (χ0n) is 24.8. The minimum atomic E-state index is -0.354. The Balaban J connectivity index is 1.29. The molecule has 4 aromatic rings. The van der Waals surface area contributed by atoms with Crippen LogP contribution in [0.15, 0.2) is 84.9 Å². The van der Waals surface area contributed by atoms with Gasteiger partial charge < -0.3 is 29.6 Å². The van der Waals surface area contributed by atoms with E-state index in [4.69, 9.17) is 18.9 Å². The molecule has 2 N–H and O–H groups in total. The molecule has 0 atom stereocenters. The Morgan fingerprint density at radius 2 is 0.818 bits per heavy atom. The summed E-state index contributed by atoms with van der Waals surface area (Å²) in [5, 5.41) is 5.48. The molecule has 2 amide bonds. The van der Waals surface area contributed by atoms with E-state index in [0.717, 1.165) is 0 Å². The van der Waals surface area contributed by atoms with E-state index in [1.54, 1.807) is 84.9 Å². The Labute approximate surface area is 254 Å². The molecule has 4 rings (SSSR count). The van der Waals surface area contributed by atoms with E-state index in [0.29, 0.717) is 56.4 Å². The molecule has 226 valence electrons. The van der Waals surface area contributed by atoms with Crippen molar-refractivity contribution in [2.75, 3.05) is 41.5 Å². The van der Waals surface area contributed by atoms with Gasteiger partial charge in [0, 0.05) is 35.3 Å². The van der Waals surface area contributed by atoms with Crippen LogP contribution in [0.3, 0.4) is 0 Å². The number of carbonyl (C=O) groups excluding carboxylic acids is 4. The summed E-state index contributed by atoms with van der Waals surface area (Å²) in [6.07, 6.45) is 0. The highest BCUT2D eigenvalue weighted by Crippen LogP contribution is 2.28. The lowest BCUT2D eigenvalue weighted by Gasteiger charge is -2.11. The van der Waals surface area contributed by atoms with Crippen LogP contribution in [0.25, 0.3) is 0 Å². The molecule has 0 spiro atoms. The fourth-order valence-electron chi connectivity index (χ4n) is 4.40. The van der Waals surface area contributed by atoms with Crippen LogP contribution in [-0.2, 0) is 0 Å². The molecule has 10 heteroatoms. The number of hydrogen-bond donors (Lipinski definition) is 2. The van der Waals surface area contributed by atoms with Crippen molar-refractivity contribution in [3.63, 3.8) is 0 Å². The first-order valence-electron chi connectivity index (χ1n) is 13.6. The molecular formula is C34H32N2O8. The minimum Gasteiger partial charge on any atom is -0.497 e. The fraction of sp³-hybridized carbons (Fsp3) is 0.176. The number of benzene rings is 4. The summed E-state index contributed by atoms with van der Waals surface area (Å²) in [4.78, 5) is 51.3. The summed E-state index contributed by atoms with van der Waals surface area (Å²) in [6, 6.07) is 22.4. The standard InChI is InChI=1S/C34H32N2O8/c1-41-25-13-15-29(43-3)27(19-25)31(37)21-5-9-23(10-6-21)33(39)35-17-18-36-34(40)24-11-7-22(8-12-24)32(38)28-20-26(42-2)14-16-30(28)44-4/h5-16,19-20H,17-18H2,1-4H3,(H,35,39)(H,36,40). The second kappa shape index (κ2) is 14.5. The summed E-state index contributed by atoms with van der Waals surface area (Å²) in [5.41, 5.74) is 2.18. The van der Waals surface area contributed by atoms with Crippen molar-refractivity contribution in [1.29, 1.82) is 0 Å². The maximum absolute atomic E-state index is 13.0. The maximum Gasteiger partial charge on any atom is 0.251 e. The van der Waals surface area contributed by atoms with Crippen LogP contribution < -0.4 is 29.6 Å². The molecule has 0 radical (unpaired) electrons. The average Bonchev–Trinajstić information content (AvgIpc) is 3.08. The van der Waals surface area contributed by atoms with Crippen molar-refractivity contribution < 1.29 is 38.1 Å².